The highest BCUT2D eigenvalue weighted by Gasteiger charge is 1.97. The van der Waals surface area contributed by atoms with Gasteiger partial charge in [0.2, 0.25) is 0 Å². The summed E-state index contributed by atoms with van der Waals surface area (Å²) < 4.78 is 1.12. The van der Waals surface area contributed by atoms with Gasteiger partial charge in [0.25, 0.3) is 0 Å². The van der Waals surface area contributed by atoms with Gasteiger partial charge >= 0.3 is 0 Å². The summed E-state index contributed by atoms with van der Waals surface area (Å²) in [5.41, 5.74) is 0. The zero-order chi connectivity index (χ0) is 13.1. The van der Waals surface area contributed by atoms with E-state index in [9.17, 15) is 0 Å². The number of nitrogens with one attached hydrogen (secondary N) is 2. The van der Waals surface area contributed by atoms with Crippen LogP contribution in [0.3, 0.4) is 0 Å². The Morgan fingerprint density at radius 3 is 3.05 bits per heavy atom. The van der Waals surface area contributed by atoms with E-state index in [0.29, 0.717) is 6.54 Å². The van der Waals surface area contributed by atoms with Gasteiger partial charge in [-0.05, 0) is 13.3 Å². The van der Waals surface area contributed by atoms with Gasteiger partial charge in [0, 0.05) is 30.4 Å². The van der Waals surface area contributed by atoms with Gasteiger partial charge in [-0.25, -0.2) is 4.98 Å². The normalized spacial score (nSPS) is 10.4. The molecule has 0 bridgehead atoms. The highest BCUT2D eigenvalue weighted by Crippen LogP contribution is 2.20. The Morgan fingerprint density at radius 1 is 1.58 bits per heavy atom. The van der Waals surface area contributed by atoms with Crippen molar-refractivity contribution >= 4 is 53.0 Å². The maximum Gasteiger partial charge on any atom is 0.192 e. The Bertz CT molecular complexity index is 387. The third kappa shape index (κ3) is 9.13. The summed E-state index contributed by atoms with van der Waals surface area (Å²) in [6.07, 6.45) is 8.06. The molecule has 0 aliphatic heterocycles. The molecule has 0 atom stereocenters. The lowest BCUT2D eigenvalue weighted by atomic mass is 10.5. The largest absolute Gasteiger partial charge is 0.357 e. The summed E-state index contributed by atoms with van der Waals surface area (Å²) in [4.78, 5) is 8.66. The second kappa shape index (κ2) is 12.6. The van der Waals surface area contributed by atoms with Crippen molar-refractivity contribution in [3.05, 3.63) is 11.6 Å². The number of hydrogen-bond donors (Lipinski definition) is 2. The van der Waals surface area contributed by atoms with Crippen molar-refractivity contribution in [2.24, 2.45) is 4.99 Å². The van der Waals surface area contributed by atoms with Crippen LogP contribution in [0.5, 0.6) is 0 Å². The first-order chi connectivity index (χ1) is 8.86. The van der Waals surface area contributed by atoms with E-state index in [4.69, 9.17) is 6.42 Å². The number of hydrogen-bond acceptors (Lipinski definition) is 4. The fourth-order valence-corrected chi connectivity index (χ4v) is 2.81. The molecule has 0 fully saturated rings. The number of aromatic nitrogens is 1. The molecule has 0 radical (unpaired) electrons. The first-order valence-electron chi connectivity index (χ1n) is 5.84. The molecule has 1 aromatic rings. The monoisotopic (exact) mass is 410 g/mol. The zero-order valence-corrected chi connectivity index (χ0v) is 14.9. The van der Waals surface area contributed by atoms with Gasteiger partial charge in [-0.3, -0.25) is 4.99 Å². The van der Waals surface area contributed by atoms with E-state index >= 15 is 0 Å². The molecule has 4 nitrogen and oxygen atoms in total. The minimum atomic E-state index is 0. The maximum atomic E-state index is 5.20. The second-order valence-corrected chi connectivity index (χ2v) is 5.55. The molecule has 0 aromatic carbocycles. The number of guanidine groups is 1. The lowest BCUT2D eigenvalue weighted by Crippen LogP contribution is -2.37. The number of thioether (sulfide) groups is 1. The average molecular weight is 410 g/mol. The molecule has 0 unspecified atom stereocenters. The molecule has 19 heavy (non-hydrogen) atoms. The summed E-state index contributed by atoms with van der Waals surface area (Å²) in [6, 6.07) is 0. The van der Waals surface area contributed by atoms with Crippen LogP contribution in [0.15, 0.2) is 20.9 Å². The van der Waals surface area contributed by atoms with Crippen molar-refractivity contribution in [1.82, 2.24) is 15.6 Å². The molecule has 106 valence electrons. The van der Waals surface area contributed by atoms with Crippen LogP contribution < -0.4 is 10.6 Å². The molecular weight excluding hydrogens is 391 g/mol. The third-order valence-electron chi connectivity index (χ3n) is 1.91. The molecule has 1 aromatic heterocycles. The minimum Gasteiger partial charge on any atom is -0.357 e. The van der Waals surface area contributed by atoms with Gasteiger partial charge in [0.05, 0.1) is 6.54 Å². The van der Waals surface area contributed by atoms with Crippen molar-refractivity contribution < 1.29 is 0 Å². The number of halogens is 1. The lowest BCUT2D eigenvalue weighted by molar-refractivity contribution is 0.849. The molecule has 0 aliphatic rings. The van der Waals surface area contributed by atoms with Crippen LogP contribution in [-0.2, 0) is 0 Å². The fraction of sp³-hybridized carbons (Fsp3) is 0.500. The van der Waals surface area contributed by atoms with Crippen LogP contribution in [0, 0.1) is 12.3 Å². The van der Waals surface area contributed by atoms with E-state index in [1.807, 2.05) is 18.5 Å². The highest BCUT2D eigenvalue weighted by atomic mass is 127. The molecule has 0 spiro atoms. The number of terminal acetylenes is 1. The van der Waals surface area contributed by atoms with Crippen LogP contribution in [0.25, 0.3) is 0 Å². The van der Waals surface area contributed by atoms with E-state index in [-0.39, 0.29) is 24.0 Å². The quantitative estimate of drug-likeness (QED) is 0.181. The number of nitrogens with zero attached hydrogens (tertiary/aromatic N) is 2. The molecule has 1 heterocycles. The summed E-state index contributed by atoms with van der Waals surface area (Å²) in [5, 5.41) is 8.20. The van der Waals surface area contributed by atoms with E-state index in [1.165, 1.54) is 0 Å². The van der Waals surface area contributed by atoms with E-state index in [0.717, 1.165) is 35.6 Å². The Labute approximate surface area is 140 Å². The Balaban J connectivity index is 0.00000324. The lowest BCUT2D eigenvalue weighted by Gasteiger charge is -2.08. The van der Waals surface area contributed by atoms with Crippen LogP contribution in [0.4, 0.5) is 0 Å². The van der Waals surface area contributed by atoms with Crippen LogP contribution in [0.2, 0.25) is 0 Å². The summed E-state index contributed by atoms with van der Waals surface area (Å²) in [6.45, 7) is 4.16. The second-order valence-electron chi connectivity index (χ2n) is 3.32. The molecule has 7 heteroatoms. The first kappa shape index (κ1) is 18.5. The van der Waals surface area contributed by atoms with Crippen molar-refractivity contribution in [2.75, 3.05) is 25.4 Å². The van der Waals surface area contributed by atoms with Gasteiger partial charge in [-0.15, -0.1) is 41.7 Å². The Hall–Kier alpha value is -0.460. The fourth-order valence-electron chi connectivity index (χ4n) is 1.17. The van der Waals surface area contributed by atoms with Crippen molar-refractivity contribution in [1.29, 1.82) is 0 Å². The molecule has 0 saturated carbocycles. The predicted octanol–water partition coefficient (Wildman–Crippen LogP) is 2.43. The van der Waals surface area contributed by atoms with Gasteiger partial charge in [0.15, 0.2) is 5.96 Å². The van der Waals surface area contributed by atoms with Crippen LogP contribution >= 0.6 is 47.1 Å². The Morgan fingerprint density at radius 2 is 2.42 bits per heavy atom. The van der Waals surface area contributed by atoms with Crippen molar-refractivity contribution in [3.8, 4) is 12.3 Å². The standard InChI is InChI=1S/C12H18N4S2.HI/c1-3-6-14-11(13-4-2)15-7-5-9-17-12-16-8-10-18-12;/h1,8,10H,4-7,9H2,2H3,(H2,13,14,15);1H. The topological polar surface area (TPSA) is 49.3 Å². The van der Waals surface area contributed by atoms with Gasteiger partial charge in [-0.1, -0.05) is 17.7 Å². The molecule has 1 rings (SSSR count). The number of rotatable bonds is 7. The number of thiazole rings is 1. The molecule has 2 N–H and O–H groups in total. The van der Waals surface area contributed by atoms with Gasteiger partial charge in [-0.2, -0.15) is 0 Å². The summed E-state index contributed by atoms with van der Waals surface area (Å²) in [7, 11) is 0. The number of aliphatic imine (C=N–C) groups is 1. The van der Waals surface area contributed by atoms with Gasteiger partial charge < -0.3 is 10.6 Å². The van der Waals surface area contributed by atoms with E-state index < -0.39 is 0 Å². The van der Waals surface area contributed by atoms with Crippen LogP contribution in [0.1, 0.15) is 13.3 Å². The van der Waals surface area contributed by atoms with Crippen molar-refractivity contribution in [2.45, 2.75) is 17.7 Å². The average Bonchev–Trinajstić information content (AvgIpc) is 2.88. The summed E-state index contributed by atoms with van der Waals surface area (Å²) >= 11 is 3.45. The van der Waals surface area contributed by atoms with E-state index in [1.54, 1.807) is 23.1 Å². The first-order valence-corrected chi connectivity index (χ1v) is 7.71. The molecule has 0 aliphatic carbocycles. The van der Waals surface area contributed by atoms with E-state index in [2.05, 4.69) is 26.5 Å². The third-order valence-corrected chi connectivity index (χ3v) is 3.96. The predicted molar refractivity (Wildman–Crippen MR) is 95.7 cm³/mol. The summed E-state index contributed by atoms with van der Waals surface area (Å²) in [5.74, 6) is 4.35. The van der Waals surface area contributed by atoms with Crippen molar-refractivity contribution in [3.63, 3.8) is 0 Å². The molecular formula is C12H19IN4S2. The zero-order valence-electron chi connectivity index (χ0n) is 10.9. The smallest absolute Gasteiger partial charge is 0.192 e. The molecule has 0 saturated heterocycles. The molecule has 0 amide bonds. The van der Waals surface area contributed by atoms with Gasteiger partial charge in [0.1, 0.15) is 4.34 Å². The van der Waals surface area contributed by atoms with Crippen LogP contribution in [-0.4, -0.2) is 36.3 Å². The Kier molecular flexibility index (Phi) is 12.3. The highest BCUT2D eigenvalue weighted by molar-refractivity contribution is 14.0. The minimum absolute atomic E-state index is 0. The maximum absolute atomic E-state index is 5.20. The SMILES string of the molecule is C#CCNC(=NCCCSc1nccs1)NCC.I.